The van der Waals surface area contributed by atoms with E-state index in [1.165, 1.54) is 0 Å². The molecule has 72 valence electrons. The lowest BCUT2D eigenvalue weighted by Gasteiger charge is -2.02. The van der Waals surface area contributed by atoms with Crippen molar-refractivity contribution in [1.29, 1.82) is 0 Å². The highest BCUT2D eigenvalue weighted by molar-refractivity contribution is 5.89. The van der Waals surface area contributed by atoms with Crippen LogP contribution in [0.15, 0.2) is 24.3 Å². The van der Waals surface area contributed by atoms with E-state index in [1.54, 1.807) is 24.3 Å². The Hall–Kier alpha value is -1.75. The Morgan fingerprint density at radius 1 is 1.43 bits per heavy atom. The van der Waals surface area contributed by atoms with E-state index in [4.69, 9.17) is 11.2 Å². The first kappa shape index (κ1) is 10.3. The molecule has 0 saturated carbocycles. The van der Waals surface area contributed by atoms with Crippen LogP contribution in [0.4, 0.5) is 0 Å². The van der Waals surface area contributed by atoms with Crippen LogP contribution < -0.4 is 0 Å². The van der Waals surface area contributed by atoms with Crippen molar-refractivity contribution in [3.05, 3.63) is 35.4 Å². The van der Waals surface area contributed by atoms with Crippen molar-refractivity contribution in [2.75, 3.05) is 6.61 Å². The number of hydrogen-bond donors (Lipinski definition) is 0. The van der Waals surface area contributed by atoms with Crippen molar-refractivity contribution in [2.45, 2.75) is 13.3 Å². The summed E-state index contributed by atoms with van der Waals surface area (Å²) in [6.07, 6.45) is 6.02. The zero-order chi connectivity index (χ0) is 10.4. The van der Waals surface area contributed by atoms with Gasteiger partial charge in [0.05, 0.1) is 12.2 Å². The SMILES string of the molecule is C#Cc1ccc(C(=O)OCCC)cc1. The topological polar surface area (TPSA) is 26.3 Å². The number of terminal acetylenes is 1. The third-order valence-corrected chi connectivity index (χ3v) is 1.72. The summed E-state index contributed by atoms with van der Waals surface area (Å²) in [5.41, 5.74) is 1.30. The van der Waals surface area contributed by atoms with Gasteiger partial charge < -0.3 is 4.74 Å². The third kappa shape index (κ3) is 2.63. The normalized spacial score (nSPS) is 9.14. The van der Waals surface area contributed by atoms with E-state index in [2.05, 4.69) is 5.92 Å². The van der Waals surface area contributed by atoms with Crippen LogP contribution in [-0.2, 0) is 4.74 Å². The van der Waals surface area contributed by atoms with Gasteiger partial charge in [-0.05, 0) is 30.7 Å². The van der Waals surface area contributed by atoms with Gasteiger partial charge in [0.1, 0.15) is 0 Å². The molecular weight excluding hydrogens is 176 g/mol. The zero-order valence-electron chi connectivity index (χ0n) is 8.12. The smallest absolute Gasteiger partial charge is 0.338 e. The maximum atomic E-state index is 11.3. The molecule has 2 nitrogen and oxygen atoms in total. The average molecular weight is 188 g/mol. The van der Waals surface area contributed by atoms with Crippen LogP contribution in [0.5, 0.6) is 0 Å². The Balaban J connectivity index is 2.68. The highest BCUT2D eigenvalue weighted by Gasteiger charge is 2.04. The maximum absolute atomic E-state index is 11.3. The first-order valence-corrected chi connectivity index (χ1v) is 4.51. The Morgan fingerprint density at radius 2 is 2.07 bits per heavy atom. The van der Waals surface area contributed by atoms with Crippen LogP contribution in [-0.4, -0.2) is 12.6 Å². The van der Waals surface area contributed by atoms with Crippen LogP contribution in [0.25, 0.3) is 0 Å². The molecule has 0 spiro atoms. The number of carbonyl (C=O) groups excluding carboxylic acids is 1. The second-order valence-electron chi connectivity index (χ2n) is 2.86. The first-order valence-electron chi connectivity index (χ1n) is 4.51. The maximum Gasteiger partial charge on any atom is 0.338 e. The minimum Gasteiger partial charge on any atom is -0.462 e. The van der Waals surface area contributed by atoms with Crippen LogP contribution in [0.2, 0.25) is 0 Å². The molecule has 2 heteroatoms. The molecule has 14 heavy (non-hydrogen) atoms. The Morgan fingerprint density at radius 3 is 2.57 bits per heavy atom. The second-order valence-corrected chi connectivity index (χ2v) is 2.86. The lowest BCUT2D eigenvalue weighted by atomic mass is 10.1. The van der Waals surface area contributed by atoms with E-state index in [0.717, 1.165) is 12.0 Å². The first-order chi connectivity index (χ1) is 6.77. The van der Waals surface area contributed by atoms with Crippen molar-refractivity contribution in [1.82, 2.24) is 0 Å². The van der Waals surface area contributed by atoms with Crippen LogP contribution in [0.3, 0.4) is 0 Å². The second kappa shape index (κ2) is 5.08. The van der Waals surface area contributed by atoms with Gasteiger partial charge in [-0.25, -0.2) is 4.79 Å². The number of ether oxygens (including phenoxy) is 1. The molecule has 0 N–H and O–H groups in total. The van der Waals surface area contributed by atoms with E-state index in [0.29, 0.717) is 12.2 Å². The molecule has 0 unspecified atom stereocenters. The molecular formula is C12H12O2. The van der Waals surface area contributed by atoms with Gasteiger partial charge in [0.2, 0.25) is 0 Å². The number of carbonyl (C=O) groups is 1. The van der Waals surface area contributed by atoms with Gasteiger partial charge >= 0.3 is 5.97 Å². The lowest BCUT2D eigenvalue weighted by molar-refractivity contribution is 0.0505. The van der Waals surface area contributed by atoms with Gasteiger partial charge in [0.25, 0.3) is 0 Å². The number of hydrogen-bond acceptors (Lipinski definition) is 2. The number of rotatable bonds is 3. The van der Waals surface area contributed by atoms with Crippen molar-refractivity contribution < 1.29 is 9.53 Å². The summed E-state index contributed by atoms with van der Waals surface area (Å²) < 4.78 is 4.96. The molecule has 0 atom stereocenters. The summed E-state index contributed by atoms with van der Waals surface area (Å²) in [6, 6.07) is 6.80. The average Bonchev–Trinajstić information content (AvgIpc) is 2.26. The fourth-order valence-electron chi connectivity index (χ4n) is 0.981. The third-order valence-electron chi connectivity index (χ3n) is 1.72. The van der Waals surface area contributed by atoms with Gasteiger partial charge in [0, 0.05) is 5.56 Å². The van der Waals surface area contributed by atoms with Crippen molar-refractivity contribution >= 4 is 5.97 Å². The molecule has 0 aliphatic heterocycles. The van der Waals surface area contributed by atoms with Crippen molar-refractivity contribution in [3.8, 4) is 12.3 Å². The molecule has 0 heterocycles. The fraction of sp³-hybridized carbons (Fsp3) is 0.250. The summed E-state index contributed by atoms with van der Waals surface area (Å²) in [6.45, 7) is 2.41. The predicted molar refractivity (Wildman–Crippen MR) is 55.0 cm³/mol. The molecule has 0 amide bonds. The molecule has 0 aromatic heterocycles. The number of benzene rings is 1. The Labute approximate surface area is 83.9 Å². The highest BCUT2D eigenvalue weighted by atomic mass is 16.5. The van der Waals surface area contributed by atoms with E-state index >= 15 is 0 Å². The van der Waals surface area contributed by atoms with Gasteiger partial charge in [-0.1, -0.05) is 12.8 Å². The van der Waals surface area contributed by atoms with Crippen LogP contribution >= 0.6 is 0 Å². The van der Waals surface area contributed by atoms with E-state index < -0.39 is 0 Å². The Kier molecular flexibility index (Phi) is 3.75. The minimum atomic E-state index is -0.296. The Bertz CT molecular complexity index is 344. The predicted octanol–water partition coefficient (Wildman–Crippen LogP) is 2.23. The molecule has 1 aromatic rings. The van der Waals surface area contributed by atoms with Gasteiger partial charge in [-0.2, -0.15) is 0 Å². The quantitative estimate of drug-likeness (QED) is 0.537. The molecule has 0 bridgehead atoms. The fourth-order valence-corrected chi connectivity index (χ4v) is 0.981. The molecule has 0 aliphatic rings. The summed E-state index contributed by atoms with van der Waals surface area (Å²) in [5.74, 6) is 2.19. The monoisotopic (exact) mass is 188 g/mol. The lowest BCUT2D eigenvalue weighted by Crippen LogP contribution is -2.05. The van der Waals surface area contributed by atoms with E-state index in [1.807, 2.05) is 6.92 Å². The van der Waals surface area contributed by atoms with E-state index in [9.17, 15) is 4.79 Å². The standard InChI is InChI=1S/C12H12O2/c1-3-9-14-12(13)11-7-5-10(4-2)6-8-11/h2,5-8H,3,9H2,1H3. The number of esters is 1. The van der Waals surface area contributed by atoms with Crippen LogP contribution in [0.1, 0.15) is 29.3 Å². The molecule has 0 saturated heterocycles. The summed E-state index contributed by atoms with van der Waals surface area (Å²) >= 11 is 0. The summed E-state index contributed by atoms with van der Waals surface area (Å²) in [4.78, 5) is 11.3. The summed E-state index contributed by atoms with van der Waals surface area (Å²) in [7, 11) is 0. The molecule has 0 aliphatic carbocycles. The molecule has 1 aromatic carbocycles. The summed E-state index contributed by atoms with van der Waals surface area (Å²) in [5, 5.41) is 0. The molecule has 1 rings (SSSR count). The highest BCUT2D eigenvalue weighted by Crippen LogP contribution is 2.05. The molecule has 0 fully saturated rings. The largest absolute Gasteiger partial charge is 0.462 e. The zero-order valence-corrected chi connectivity index (χ0v) is 8.12. The van der Waals surface area contributed by atoms with Gasteiger partial charge in [-0.15, -0.1) is 6.42 Å². The van der Waals surface area contributed by atoms with Crippen molar-refractivity contribution in [3.63, 3.8) is 0 Å². The van der Waals surface area contributed by atoms with Gasteiger partial charge in [-0.3, -0.25) is 0 Å². The van der Waals surface area contributed by atoms with E-state index in [-0.39, 0.29) is 5.97 Å². The van der Waals surface area contributed by atoms with Crippen molar-refractivity contribution in [2.24, 2.45) is 0 Å². The van der Waals surface area contributed by atoms with Gasteiger partial charge in [0.15, 0.2) is 0 Å². The van der Waals surface area contributed by atoms with Crippen LogP contribution in [0, 0.1) is 12.3 Å². The minimum absolute atomic E-state index is 0.296. The molecule has 0 radical (unpaired) electrons.